The fraction of sp³-hybridized carbons (Fsp3) is 0.211. The van der Waals surface area contributed by atoms with Crippen molar-refractivity contribution < 1.29 is 9.53 Å². The van der Waals surface area contributed by atoms with Crippen LogP contribution in [-0.4, -0.2) is 28.7 Å². The fourth-order valence-electron chi connectivity index (χ4n) is 2.93. The maximum absolute atomic E-state index is 11.2. The van der Waals surface area contributed by atoms with Crippen molar-refractivity contribution in [1.82, 2.24) is 15.4 Å². The Morgan fingerprint density at radius 1 is 1.12 bits per heavy atom. The van der Waals surface area contributed by atoms with Crippen LogP contribution in [-0.2, 0) is 11.2 Å². The first kappa shape index (κ1) is 15.4. The number of amides is 1. The van der Waals surface area contributed by atoms with Gasteiger partial charge in [-0.05, 0) is 48.4 Å². The van der Waals surface area contributed by atoms with Crippen molar-refractivity contribution >= 4 is 22.7 Å². The van der Waals surface area contributed by atoms with Gasteiger partial charge in [0.15, 0.2) is 0 Å². The third-order valence-corrected chi connectivity index (χ3v) is 4.30. The Bertz CT molecular complexity index is 957. The first-order valence-corrected chi connectivity index (χ1v) is 8.18. The second kappa shape index (κ2) is 6.39. The molecule has 1 amide bonds. The maximum atomic E-state index is 11.2. The van der Waals surface area contributed by atoms with Gasteiger partial charge < -0.3 is 9.72 Å². The molecule has 2 heterocycles. The number of nitrogens with one attached hydrogen (secondary N) is 2. The van der Waals surface area contributed by atoms with Crippen LogP contribution in [0.2, 0.25) is 0 Å². The summed E-state index contributed by atoms with van der Waals surface area (Å²) in [6, 6.07) is 14.0. The summed E-state index contributed by atoms with van der Waals surface area (Å²) in [5, 5.41) is 4.13. The number of hydrogen-bond donors (Lipinski definition) is 2. The van der Waals surface area contributed by atoms with Crippen LogP contribution in [0, 0.1) is 0 Å². The molecule has 0 unspecified atom stereocenters. The van der Waals surface area contributed by atoms with Gasteiger partial charge in [0.1, 0.15) is 11.6 Å². The Morgan fingerprint density at radius 3 is 2.68 bits per heavy atom. The number of hydrazone groups is 1. The number of fused-ring (bicyclic) bond motifs is 1. The summed E-state index contributed by atoms with van der Waals surface area (Å²) in [5.41, 5.74) is 7.61. The molecule has 0 saturated heterocycles. The minimum atomic E-state index is -0.0168. The Balaban J connectivity index is 1.59. The Hall–Kier alpha value is -3.15. The SMILES string of the molecule is COc1ccc(-c2nc3ccc(CC4=NNC(=O)CC4)cc3[nH]2)cc1. The number of H-pyrrole nitrogens is 1. The molecule has 0 bridgehead atoms. The first-order chi connectivity index (χ1) is 12.2. The van der Waals surface area contributed by atoms with E-state index in [9.17, 15) is 4.79 Å². The highest BCUT2D eigenvalue weighted by molar-refractivity contribution is 5.94. The van der Waals surface area contributed by atoms with Crippen LogP contribution in [0.15, 0.2) is 47.6 Å². The van der Waals surface area contributed by atoms with Gasteiger partial charge in [0.2, 0.25) is 5.91 Å². The molecule has 0 radical (unpaired) electrons. The van der Waals surface area contributed by atoms with Crippen LogP contribution in [0.4, 0.5) is 0 Å². The predicted molar refractivity (Wildman–Crippen MR) is 96.6 cm³/mol. The van der Waals surface area contributed by atoms with Crippen molar-refractivity contribution in [3.63, 3.8) is 0 Å². The number of imidazole rings is 1. The van der Waals surface area contributed by atoms with Gasteiger partial charge in [-0.3, -0.25) is 4.79 Å². The molecule has 0 aliphatic carbocycles. The van der Waals surface area contributed by atoms with Crippen LogP contribution >= 0.6 is 0 Å². The highest BCUT2D eigenvalue weighted by Gasteiger charge is 2.13. The maximum Gasteiger partial charge on any atom is 0.240 e. The van der Waals surface area contributed by atoms with Gasteiger partial charge in [0.05, 0.1) is 18.1 Å². The molecular weight excluding hydrogens is 316 g/mol. The lowest BCUT2D eigenvalue weighted by atomic mass is 10.0. The number of benzene rings is 2. The minimum Gasteiger partial charge on any atom is -0.497 e. The van der Waals surface area contributed by atoms with Gasteiger partial charge >= 0.3 is 0 Å². The van der Waals surface area contributed by atoms with E-state index in [0.717, 1.165) is 45.9 Å². The van der Waals surface area contributed by atoms with Crippen molar-refractivity contribution in [2.45, 2.75) is 19.3 Å². The number of ether oxygens (including phenoxy) is 1. The minimum absolute atomic E-state index is 0.0168. The third kappa shape index (κ3) is 3.24. The van der Waals surface area contributed by atoms with E-state index in [1.807, 2.05) is 30.3 Å². The van der Waals surface area contributed by atoms with Gasteiger partial charge in [0, 0.05) is 24.1 Å². The number of carbonyl (C=O) groups is 1. The molecule has 0 atom stereocenters. The fourth-order valence-corrected chi connectivity index (χ4v) is 2.93. The highest BCUT2D eigenvalue weighted by atomic mass is 16.5. The summed E-state index contributed by atoms with van der Waals surface area (Å²) >= 11 is 0. The number of carbonyl (C=O) groups excluding carboxylic acids is 1. The van der Waals surface area contributed by atoms with Crippen LogP contribution in [0.1, 0.15) is 18.4 Å². The van der Waals surface area contributed by atoms with Crippen LogP contribution in [0.5, 0.6) is 5.75 Å². The molecule has 1 aliphatic heterocycles. The van der Waals surface area contributed by atoms with Gasteiger partial charge in [-0.2, -0.15) is 5.10 Å². The quantitative estimate of drug-likeness (QED) is 0.769. The molecular formula is C19H18N4O2. The lowest BCUT2D eigenvalue weighted by molar-refractivity contribution is -0.121. The largest absolute Gasteiger partial charge is 0.497 e. The second-order valence-corrected chi connectivity index (χ2v) is 6.06. The molecule has 2 aromatic carbocycles. The summed E-state index contributed by atoms with van der Waals surface area (Å²) in [6.07, 6.45) is 1.95. The third-order valence-electron chi connectivity index (χ3n) is 4.30. The zero-order chi connectivity index (χ0) is 17.2. The molecule has 6 nitrogen and oxygen atoms in total. The van der Waals surface area contributed by atoms with E-state index in [0.29, 0.717) is 12.8 Å². The van der Waals surface area contributed by atoms with Crippen molar-refractivity contribution in [3.8, 4) is 17.1 Å². The summed E-state index contributed by atoms with van der Waals surface area (Å²) < 4.78 is 5.19. The molecule has 6 heteroatoms. The first-order valence-electron chi connectivity index (χ1n) is 8.18. The van der Waals surface area contributed by atoms with Crippen molar-refractivity contribution in [1.29, 1.82) is 0 Å². The van der Waals surface area contributed by atoms with E-state index < -0.39 is 0 Å². The van der Waals surface area contributed by atoms with Crippen LogP contribution in [0.3, 0.4) is 0 Å². The van der Waals surface area contributed by atoms with E-state index in [4.69, 9.17) is 4.74 Å². The van der Waals surface area contributed by atoms with E-state index in [-0.39, 0.29) is 5.91 Å². The number of hydrogen-bond acceptors (Lipinski definition) is 4. The average Bonchev–Trinajstić information content (AvgIpc) is 3.07. The van der Waals surface area contributed by atoms with Gasteiger partial charge in [-0.25, -0.2) is 10.4 Å². The number of methoxy groups -OCH3 is 1. The van der Waals surface area contributed by atoms with Crippen molar-refractivity contribution in [3.05, 3.63) is 48.0 Å². The number of rotatable bonds is 4. The van der Waals surface area contributed by atoms with Gasteiger partial charge in [0.25, 0.3) is 0 Å². The Morgan fingerprint density at radius 2 is 1.96 bits per heavy atom. The van der Waals surface area contributed by atoms with E-state index in [2.05, 4.69) is 32.6 Å². The predicted octanol–water partition coefficient (Wildman–Crippen LogP) is 3.05. The van der Waals surface area contributed by atoms with Crippen molar-refractivity contribution in [2.24, 2.45) is 5.10 Å². The molecule has 1 aliphatic rings. The van der Waals surface area contributed by atoms with Crippen LogP contribution in [0.25, 0.3) is 22.4 Å². The molecule has 1 aromatic heterocycles. The zero-order valence-electron chi connectivity index (χ0n) is 13.9. The van der Waals surface area contributed by atoms with E-state index in [1.54, 1.807) is 7.11 Å². The average molecular weight is 334 g/mol. The van der Waals surface area contributed by atoms with E-state index in [1.165, 1.54) is 0 Å². The van der Waals surface area contributed by atoms with Gasteiger partial charge in [-0.15, -0.1) is 0 Å². The lowest BCUT2D eigenvalue weighted by Crippen LogP contribution is -2.26. The Labute approximate surface area is 144 Å². The molecule has 126 valence electrons. The molecule has 25 heavy (non-hydrogen) atoms. The van der Waals surface area contributed by atoms with E-state index >= 15 is 0 Å². The standard InChI is InChI=1S/C19H18N4O2/c1-25-15-6-3-13(4-7-15)19-20-16-8-2-12(11-17(16)21-19)10-14-5-9-18(24)23-22-14/h2-4,6-8,11H,5,9-10H2,1H3,(H,20,21)(H,23,24). The molecule has 2 N–H and O–H groups in total. The molecule has 0 saturated carbocycles. The monoisotopic (exact) mass is 334 g/mol. The topological polar surface area (TPSA) is 79.4 Å². The second-order valence-electron chi connectivity index (χ2n) is 6.06. The zero-order valence-corrected chi connectivity index (χ0v) is 13.9. The number of aromatic amines is 1. The smallest absolute Gasteiger partial charge is 0.240 e. The Kier molecular flexibility index (Phi) is 3.93. The molecule has 0 spiro atoms. The summed E-state index contributed by atoms with van der Waals surface area (Å²) in [6.45, 7) is 0. The summed E-state index contributed by atoms with van der Waals surface area (Å²) in [7, 11) is 1.65. The lowest BCUT2D eigenvalue weighted by Gasteiger charge is -2.11. The molecule has 4 rings (SSSR count). The summed E-state index contributed by atoms with van der Waals surface area (Å²) in [4.78, 5) is 19.2. The molecule has 3 aromatic rings. The number of aromatic nitrogens is 2. The van der Waals surface area contributed by atoms with Crippen LogP contribution < -0.4 is 10.2 Å². The van der Waals surface area contributed by atoms with Crippen molar-refractivity contribution in [2.75, 3.05) is 7.11 Å². The molecule has 0 fully saturated rings. The number of nitrogens with zero attached hydrogens (tertiary/aromatic N) is 2. The summed E-state index contributed by atoms with van der Waals surface area (Å²) in [5.74, 6) is 1.64. The normalized spacial score (nSPS) is 14.3. The highest BCUT2D eigenvalue weighted by Crippen LogP contribution is 2.23. The van der Waals surface area contributed by atoms with Gasteiger partial charge in [-0.1, -0.05) is 6.07 Å².